The molecule has 0 spiro atoms. The number of nitrogens with one attached hydrogen (secondary N) is 1. The van der Waals surface area contributed by atoms with E-state index in [0.29, 0.717) is 16.9 Å². The number of rotatable bonds is 4. The molecule has 3 unspecified atom stereocenters. The Hall–Kier alpha value is -0.410. The summed E-state index contributed by atoms with van der Waals surface area (Å²) < 4.78 is 0. The maximum atomic E-state index is 4.55. The highest BCUT2D eigenvalue weighted by Crippen LogP contribution is 2.65. The molecule has 2 fully saturated rings. The van der Waals surface area contributed by atoms with Crippen LogP contribution in [0.3, 0.4) is 0 Å². The summed E-state index contributed by atoms with van der Waals surface area (Å²) in [5.41, 5.74) is 2.26. The van der Waals surface area contributed by atoms with E-state index in [4.69, 9.17) is 0 Å². The molecule has 2 aliphatic carbocycles. The average Bonchev–Trinajstić information content (AvgIpc) is 2.90. The molecule has 1 heterocycles. The second kappa shape index (κ2) is 4.56. The van der Waals surface area contributed by atoms with Crippen molar-refractivity contribution in [3.8, 4) is 0 Å². The van der Waals surface area contributed by atoms with E-state index in [0.717, 1.165) is 18.9 Å². The van der Waals surface area contributed by atoms with Gasteiger partial charge in [-0.3, -0.25) is 0 Å². The quantitative estimate of drug-likeness (QED) is 0.906. The number of thiazole rings is 1. The summed E-state index contributed by atoms with van der Waals surface area (Å²) in [5, 5.41) is 7.21. The second-order valence-corrected chi connectivity index (χ2v) is 8.29. The molecule has 3 heteroatoms. The lowest BCUT2D eigenvalue weighted by molar-refractivity contribution is 0.121. The summed E-state index contributed by atoms with van der Waals surface area (Å²) in [7, 11) is 0. The number of fused-ring (bicyclic) bond motifs is 2. The minimum Gasteiger partial charge on any atom is -0.313 e. The maximum Gasteiger partial charge on any atom is 0.0897 e. The van der Waals surface area contributed by atoms with Gasteiger partial charge in [0.15, 0.2) is 0 Å². The molecule has 0 radical (unpaired) electrons. The number of hydrogen-bond donors (Lipinski definition) is 1. The van der Waals surface area contributed by atoms with Crippen molar-refractivity contribution < 1.29 is 0 Å². The van der Waals surface area contributed by atoms with Crippen LogP contribution in [0.5, 0.6) is 0 Å². The second-order valence-electron chi connectivity index (χ2n) is 7.23. The lowest BCUT2D eigenvalue weighted by atomic mass is 9.69. The van der Waals surface area contributed by atoms with E-state index in [9.17, 15) is 0 Å². The zero-order valence-electron chi connectivity index (χ0n) is 12.6. The summed E-state index contributed by atoms with van der Waals surface area (Å²) >= 11 is 1.76. The lowest BCUT2D eigenvalue weighted by Gasteiger charge is -2.39. The highest BCUT2D eigenvalue weighted by Gasteiger charge is 2.60. The van der Waals surface area contributed by atoms with Crippen molar-refractivity contribution in [3.05, 3.63) is 16.1 Å². The van der Waals surface area contributed by atoms with E-state index in [2.05, 4.69) is 43.4 Å². The molecule has 1 aromatic heterocycles. The number of hydrogen-bond acceptors (Lipinski definition) is 3. The van der Waals surface area contributed by atoms with Crippen LogP contribution in [0.4, 0.5) is 0 Å². The van der Waals surface area contributed by atoms with E-state index in [1.807, 2.05) is 0 Å². The summed E-state index contributed by atoms with van der Waals surface area (Å²) in [6.07, 6.45) is 5.28. The van der Waals surface area contributed by atoms with Crippen LogP contribution in [0.15, 0.2) is 5.38 Å². The SMILES string of the molecule is Cc1nc(CCNC2CC3CCC2(C)C3(C)C)cs1. The topological polar surface area (TPSA) is 24.9 Å². The Morgan fingerprint density at radius 1 is 1.42 bits per heavy atom. The van der Waals surface area contributed by atoms with Gasteiger partial charge in [0, 0.05) is 24.4 Å². The van der Waals surface area contributed by atoms with E-state index < -0.39 is 0 Å². The van der Waals surface area contributed by atoms with Gasteiger partial charge in [0.1, 0.15) is 0 Å². The van der Waals surface area contributed by atoms with Crippen LogP contribution in [0, 0.1) is 23.7 Å². The first-order chi connectivity index (χ1) is 8.93. The Balaban J connectivity index is 1.57. The van der Waals surface area contributed by atoms with Gasteiger partial charge in [-0.15, -0.1) is 11.3 Å². The van der Waals surface area contributed by atoms with Crippen LogP contribution in [-0.2, 0) is 6.42 Å². The molecule has 3 atom stereocenters. The van der Waals surface area contributed by atoms with E-state index >= 15 is 0 Å². The predicted molar refractivity (Wildman–Crippen MR) is 81.6 cm³/mol. The third-order valence-corrected chi connectivity index (χ3v) is 7.05. The summed E-state index contributed by atoms with van der Waals surface area (Å²) in [4.78, 5) is 4.55. The summed E-state index contributed by atoms with van der Waals surface area (Å²) in [6, 6.07) is 0.709. The van der Waals surface area contributed by atoms with Crippen LogP contribution in [0.1, 0.15) is 50.7 Å². The highest BCUT2D eigenvalue weighted by atomic mass is 32.1. The minimum atomic E-state index is 0.496. The Labute approximate surface area is 121 Å². The van der Waals surface area contributed by atoms with Crippen molar-refractivity contribution in [2.24, 2.45) is 16.7 Å². The Morgan fingerprint density at radius 3 is 2.74 bits per heavy atom. The van der Waals surface area contributed by atoms with Crippen molar-refractivity contribution >= 4 is 11.3 Å². The molecule has 0 amide bonds. The molecule has 19 heavy (non-hydrogen) atoms. The van der Waals surface area contributed by atoms with Gasteiger partial charge in [0.2, 0.25) is 0 Å². The van der Waals surface area contributed by atoms with Gasteiger partial charge < -0.3 is 5.32 Å². The van der Waals surface area contributed by atoms with Gasteiger partial charge >= 0.3 is 0 Å². The fraction of sp³-hybridized carbons (Fsp3) is 0.812. The van der Waals surface area contributed by atoms with Crippen molar-refractivity contribution in [2.75, 3.05) is 6.54 Å². The third-order valence-electron chi connectivity index (χ3n) is 6.23. The maximum absolute atomic E-state index is 4.55. The smallest absolute Gasteiger partial charge is 0.0897 e. The van der Waals surface area contributed by atoms with Gasteiger partial charge in [-0.05, 0) is 42.9 Å². The van der Waals surface area contributed by atoms with Crippen molar-refractivity contribution in [1.82, 2.24) is 10.3 Å². The molecule has 1 N–H and O–H groups in total. The molecule has 3 rings (SSSR count). The molecule has 1 aromatic rings. The normalized spacial score (nSPS) is 36.0. The number of aryl methyl sites for hydroxylation is 1. The van der Waals surface area contributed by atoms with Crippen molar-refractivity contribution in [2.45, 2.75) is 59.4 Å². The fourth-order valence-corrected chi connectivity index (χ4v) is 5.06. The van der Waals surface area contributed by atoms with Crippen LogP contribution in [-0.4, -0.2) is 17.6 Å². The largest absolute Gasteiger partial charge is 0.313 e. The first kappa shape index (κ1) is 13.6. The van der Waals surface area contributed by atoms with E-state index in [-0.39, 0.29) is 0 Å². The molecule has 2 aliphatic rings. The van der Waals surface area contributed by atoms with E-state index in [1.165, 1.54) is 30.0 Å². The van der Waals surface area contributed by atoms with Crippen LogP contribution >= 0.6 is 11.3 Å². The Kier molecular flexibility index (Phi) is 3.25. The van der Waals surface area contributed by atoms with Gasteiger partial charge in [0.25, 0.3) is 0 Å². The van der Waals surface area contributed by atoms with Crippen LogP contribution < -0.4 is 5.32 Å². The zero-order chi connectivity index (χ0) is 13.7. The molecule has 0 saturated heterocycles. The first-order valence-corrected chi connectivity index (χ1v) is 8.46. The standard InChI is InChI=1S/C16H26N2S/c1-11-18-13(10-19-11)6-8-17-14-9-12-5-7-16(14,4)15(12,2)3/h10,12,14,17H,5-9H2,1-4H3. The zero-order valence-corrected chi connectivity index (χ0v) is 13.4. The Morgan fingerprint density at radius 2 is 2.21 bits per heavy atom. The summed E-state index contributed by atoms with van der Waals surface area (Å²) in [6.45, 7) is 10.6. The van der Waals surface area contributed by atoms with Gasteiger partial charge in [-0.1, -0.05) is 20.8 Å². The van der Waals surface area contributed by atoms with Gasteiger partial charge in [-0.2, -0.15) is 0 Å². The molecule has 0 aromatic carbocycles. The number of nitrogens with zero attached hydrogens (tertiary/aromatic N) is 1. The van der Waals surface area contributed by atoms with E-state index in [1.54, 1.807) is 11.3 Å². The highest BCUT2D eigenvalue weighted by molar-refractivity contribution is 7.09. The molecule has 2 saturated carbocycles. The monoisotopic (exact) mass is 278 g/mol. The van der Waals surface area contributed by atoms with Crippen molar-refractivity contribution in [1.29, 1.82) is 0 Å². The average molecular weight is 278 g/mol. The lowest BCUT2D eigenvalue weighted by Crippen LogP contribution is -2.45. The predicted octanol–water partition coefficient (Wildman–Crippen LogP) is 3.80. The van der Waals surface area contributed by atoms with Crippen LogP contribution in [0.2, 0.25) is 0 Å². The van der Waals surface area contributed by atoms with Gasteiger partial charge in [-0.25, -0.2) is 4.98 Å². The molecular formula is C16H26N2S. The molecular weight excluding hydrogens is 252 g/mol. The minimum absolute atomic E-state index is 0.496. The molecule has 0 aliphatic heterocycles. The summed E-state index contributed by atoms with van der Waals surface area (Å²) in [5.74, 6) is 0.927. The fourth-order valence-electron chi connectivity index (χ4n) is 4.41. The number of aromatic nitrogens is 1. The molecule has 2 nitrogen and oxygen atoms in total. The van der Waals surface area contributed by atoms with Crippen molar-refractivity contribution in [3.63, 3.8) is 0 Å². The molecule has 106 valence electrons. The Bertz CT molecular complexity index is 465. The van der Waals surface area contributed by atoms with Gasteiger partial charge in [0.05, 0.1) is 10.7 Å². The third kappa shape index (κ3) is 2.06. The molecule has 2 bridgehead atoms. The first-order valence-electron chi connectivity index (χ1n) is 7.58. The van der Waals surface area contributed by atoms with Crippen LogP contribution in [0.25, 0.3) is 0 Å².